The van der Waals surface area contributed by atoms with Crippen molar-refractivity contribution in [2.24, 2.45) is 0 Å². The van der Waals surface area contributed by atoms with Gasteiger partial charge in [0.05, 0.1) is 12.2 Å². The first-order valence-electron chi connectivity index (χ1n) is 4.23. The Labute approximate surface area is 77.3 Å². The van der Waals surface area contributed by atoms with Crippen molar-refractivity contribution < 1.29 is 15.3 Å². The quantitative estimate of drug-likeness (QED) is 0.644. The summed E-state index contributed by atoms with van der Waals surface area (Å²) in [5.74, 6) is 0.204. The van der Waals surface area contributed by atoms with Crippen molar-refractivity contribution in [2.75, 3.05) is 0 Å². The number of phenolic OH excluding ortho intramolecular Hbond substituents is 1. The summed E-state index contributed by atoms with van der Waals surface area (Å²) in [7, 11) is 0. The third-order valence-corrected chi connectivity index (χ3v) is 1.94. The van der Waals surface area contributed by atoms with Crippen molar-refractivity contribution in [3.63, 3.8) is 0 Å². The van der Waals surface area contributed by atoms with Gasteiger partial charge in [-0.05, 0) is 24.6 Å². The monoisotopic (exact) mass is 182 g/mol. The Bertz CT molecular complexity index is 253. The van der Waals surface area contributed by atoms with Crippen LogP contribution in [0.1, 0.15) is 12.5 Å². The maximum absolute atomic E-state index is 9.34. The Balaban J connectivity index is 2.59. The van der Waals surface area contributed by atoms with E-state index < -0.39 is 12.2 Å². The number of hydrogen-bond acceptors (Lipinski definition) is 3. The minimum absolute atomic E-state index is 0.204. The zero-order chi connectivity index (χ0) is 9.84. The van der Waals surface area contributed by atoms with Gasteiger partial charge in [0.15, 0.2) is 0 Å². The van der Waals surface area contributed by atoms with Crippen molar-refractivity contribution in [2.45, 2.75) is 25.6 Å². The summed E-state index contributed by atoms with van der Waals surface area (Å²) in [5.41, 5.74) is 0.895. The van der Waals surface area contributed by atoms with Gasteiger partial charge in [0.1, 0.15) is 5.75 Å². The maximum atomic E-state index is 9.34. The lowest BCUT2D eigenvalue weighted by molar-refractivity contribution is 0.0319. The van der Waals surface area contributed by atoms with Crippen LogP contribution in [0.25, 0.3) is 0 Å². The topological polar surface area (TPSA) is 60.7 Å². The summed E-state index contributed by atoms with van der Waals surface area (Å²) in [5, 5.41) is 27.4. The summed E-state index contributed by atoms with van der Waals surface area (Å²) < 4.78 is 0. The molecule has 0 bridgehead atoms. The van der Waals surface area contributed by atoms with E-state index in [9.17, 15) is 5.11 Å². The van der Waals surface area contributed by atoms with Gasteiger partial charge in [-0.2, -0.15) is 0 Å². The number of hydrogen-bond donors (Lipinski definition) is 3. The Morgan fingerprint density at radius 3 is 2.15 bits per heavy atom. The van der Waals surface area contributed by atoms with Crippen molar-refractivity contribution in [1.29, 1.82) is 0 Å². The molecule has 0 aliphatic carbocycles. The first-order valence-corrected chi connectivity index (χ1v) is 4.23. The second-order valence-corrected chi connectivity index (χ2v) is 3.18. The lowest BCUT2D eigenvalue weighted by Crippen LogP contribution is -2.24. The van der Waals surface area contributed by atoms with Crippen molar-refractivity contribution in [3.05, 3.63) is 29.8 Å². The second kappa shape index (κ2) is 4.25. The lowest BCUT2D eigenvalue weighted by Gasteiger charge is -2.13. The zero-order valence-corrected chi connectivity index (χ0v) is 7.51. The molecule has 0 aliphatic rings. The third kappa shape index (κ3) is 3.05. The molecule has 0 aliphatic heterocycles. The normalized spacial score (nSPS) is 15.3. The molecule has 0 heterocycles. The van der Waals surface area contributed by atoms with Crippen molar-refractivity contribution in [1.82, 2.24) is 0 Å². The van der Waals surface area contributed by atoms with Gasteiger partial charge in [0.25, 0.3) is 0 Å². The number of benzene rings is 1. The predicted molar refractivity (Wildman–Crippen MR) is 49.5 cm³/mol. The first kappa shape index (κ1) is 10.0. The Hall–Kier alpha value is -1.06. The van der Waals surface area contributed by atoms with E-state index in [4.69, 9.17) is 10.2 Å². The molecular formula is C10H14O3. The van der Waals surface area contributed by atoms with E-state index in [1.807, 2.05) is 0 Å². The van der Waals surface area contributed by atoms with E-state index in [2.05, 4.69) is 0 Å². The first-order chi connectivity index (χ1) is 6.09. The molecule has 72 valence electrons. The fourth-order valence-electron chi connectivity index (χ4n) is 1.04. The number of rotatable bonds is 3. The summed E-state index contributed by atoms with van der Waals surface area (Å²) >= 11 is 0. The number of aliphatic hydroxyl groups is 2. The van der Waals surface area contributed by atoms with Crippen LogP contribution in [-0.2, 0) is 6.42 Å². The molecule has 3 nitrogen and oxygen atoms in total. The van der Waals surface area contributed by atoms with Crippen LogP contribution in [0.5, 0.6) is 5.75 Å². The molecule has 3 heteroatoms. The minimum atomic E-state index is -0.746. The molecule has 0 aromatic heterocycles. The molecule has 0 radical (unpaired) electrons. The maximum Gasteiger partial charge on any atom is 0.115 e. The highest BCUT2D eigenvalue weighted by molar-refractivity contribution is 5.26. The van der Waals surface area contributed by atoms with Crippen LogP contribution in [0.2, 0.25) is 0 Å². The van der Waals surface area contributed by atoms with Crippen LogP contribution in [-0.4, -0.2) is 27.5 Å². The van der Waals surface area contributed by atoms with Gasteiger partial charge in [-0.15, -0.1) is 0 Å². The largest absolute Gasteiger partial charge is 0.508 e. The summed E-state index contributed by atoms with van der Waals surface area (Å²) in [6, 6.07) is 6.57. The van der Waals surface area contributed by atoms with Gasteiger partial charge < -0.3 is 15.3 Å². The Morgan fingerprint density at radius 2 is 1.69 bits per heavy atom. The van der Waals surface area contributed by atoms with E-state index in [0.717, 1.165) is 5.56 Å². The number of aliphatic hydroxyl groups excluding tert-OH is 2. The molecule has 2 unspecified atom stereocenters. The lowest BCUT2D eigenvalue weighted by atomic mass is 10.0. The van der Waals surface area contributed by atoms with E-state index in [1.54, 1.807) is 31.2 Å². The van der Waals surface area contributed by atoms with Gasteiger partial charge in [-0.25, -0.2) is 0 Å². The zero-order valence-electron chi connectivity index (χ0n) is 7.51. The van der Waals surface area contributed by atoms with Crippen LogP contribution in [0.4, 0.5) is 0 Å². The number of aromatic hydroxyl groups is 1. The van der Waals surface area contributed by atoms with Gasteiger partial charge in [0.2, 0.25) is 0 Å². The molecule has 0 saturated heterocycles. The molecule has 1 aromatic rings. The highest BCUT2D eigenvalue weighted by Gasteiger charge is 2.10. The molecule has 1 aromatic carbocycles. The van der Waals surface area contributed by atoms with E-state index in [0.29, 0.717) is 6.42 Å². The third-order valence-electron chi connectivity index (χ3n) is 1.94. The fraction of sp³-hybridized carbons (Fsp3) is 0.400. The van der Waals surface area contributed by atoms with Gasteiger partial charge in [-0.3, -0.25) is 0 Å². The number of phenols is 1. The molecule has 2 atom stereocenters. The summed E-state index contributed by atoms with van der Waals surface area (Å²) in [4.78, 5) is 0. The average Bonchev–Trinajstić information content (AvgIpc) is 2.08. The van der Waals surface area contributed by atoms with Crippen molar-refractivity contribution >= 4 is 0 Å². The molecule has 3 N–H and O–H groups in total. The van der Waals surface area contributed by atoms with Crippen molar-refractivity contribution in [3.8, 4) is 5.75 Å². The van der Waals surface area contributed by atoms with Crippen LogP contribution in [0.3, 0.4) is 0 Å². The Morgan fingerprint density at radius 1 is 1.15 bits per heavy atom. The Kier molecular flexibility index (Phi) is 3.28. The van der Waals surface area contributed by atoms with Crippen LogP contribution < -0.4 is 0 Å². The molecule has 0 saturated carbocycles. The van der Waals surface area contributed by atoms with E-state index in [-0.39, 0.29) is 5.75 Å². The predicted octanol–water partition coefficient (Wildman–Crippen LogP) is 0.676. The van der Waals surface area contributed by atoms with Crippen LogP contribution >= 0.6 is 0 Å². The average molecular weight is 182 g/mol. The molecular weight excluding hydrogens is 168 g/mol. The molecule has 13 heavy (non-hydrogen) atoms. The summed E-state index contributed by atoms with van der Waals surface area (Å²) in [6.07, 6.45) is -1.07. The fourth-order valence-corrected chi connectivity index (χ4v) is 1.04. The second-order valence-electron chi connectivity index (χ2n) is 3.18. The van der Waals surface area contributed by atoms with E-state index >= 15 is 0 Å². The highest BCUT2D eigenvalue weighted by Crippen LogP contribution is 2.12. The van der Waals surface area contributed by atoms with Crippen LogP contribution in [0.15, 0.2) is 24.3 Å². The SMILES string of the molecule is CC(O)C(O)Cc1ccc(O)cc1. The molecule has 0 spiro atoms. The van der Waals surface area contributed by atoms with Gasteiger partial charge in [0, 0.05) is 6.42 Å². The van der Waals surface area contributed by atoms with Gasteiger partial charge >= 0.3 is 0 Å². The summed E-state index contributed by atoms with van der Waals surface area (Å²) in [6.45, 7) is 1.55. The highest BCUT2D eigenvalue weighted by atomic mass is 16.3. The smallest absolute Gasteiger partial charge is 0.115 e. The molecule has 1 rings (SSSR count). The molecule has 0 amide bonds. The van der Waals surface area contributed by atoms with Gasteiger partial charge in [-0.1, -0.05) is 12.1 Å². The van der Waals surface area contributed by atoms with E-state index in [1.165, 1.54) is 0 Å². The van der Waals surface area contributed by atoms with Crippen LogP contribution in [0, 0.1) is 0 Å². The standard InChI is InChI=1S/C10H14O3/c1-7(11)10(13)6-8-2-4-9(12)5-3-8/h2-5,7,10-13H,6H2,1H3. The minimum Gasteiger partial charge on any atom is -0.508 e. The molecule has 0 fully saturated rings.